The fourth-order valence-corrected chi connectivity index (χ4v) is 8.69. The van der Waals surface area contributed by atoms with Gasteiger partial charge >= 0.3 is 5.97 Å². The first-order chi connectivity index (χ1) is 29.3. The highest BCUT2D eigenvalue weighted by Crippen LogP contribution is 2.41. The van der Waals surface area contributed by atoms with Crippen molar-refractivity contribution in [2.45, 2.75) is 38.1 Å². The fraction of sp³-hybridized carbons (Fsp3) is 0.348. The largest absolute Gasteiger partial charge is 0.493 e. The first-order valence-corrected chi connectivity index (χ1v) is 20.7. The summed E-state index contributed by atoms with van der Waals surface area (Å²) in [7, 11) is 0. The van der Waals surface area contributed by atoms with E-state index < -0.39 is 5.97 Å². The zero-order valence-corrected chi connectivity index (χ0v) is 33.3. The van der Waals surface area contributed by atoms with Crippen LogP contribution in [0.15, 0.2) is 101 Å². The monoisotopic (exact) mass is 818 g/mol. The molecule has 2 fully saturated rings. The maximum Gasteiger partial charge on any atom is 0.306 e. The Bertz CT molecular complexity index is 2310. The quantitative estimate of drug-likeness (QED) is 0.136. The lowest BCUT2D eigenvalue weighted by Gasteiger charge is -2.28. The molecule has 0 spiro atoms. The molecule has 5 aliphatic heterocycles. The van der Waals surface area contributed by atoms with E-state index in [0.717, 1.165) is 101 Å². The normalized spacial score (nSPS) is 20.3. The van der Waals surface area contributed by atoms with E-state index in [1.165, 1.54) is 42.7 Å². The fourth-order valence-electron chi connectivity index (χ4n) is 8.69. The Labute approximate surface area is 347 Å². The lowest BCUT2D eigenvalue weighted by molar-refractivity contribution is -0.891. The summed E-state index contributed by atoms with van der Waals surface area (Å²) in [6.07, 6.45) is 3.73. The van der Waals surface area contributed by atoms with Crippen molar-refractivity contribution in [2.24, 2.45) is 5.10 Å². The summed E-state index contributed by atoms with van der Waals surface area (Å²) in [6.45, 7) is 6.53. The summed E-state index contributed by atoms with van der Waals surface area (Å²) >= 11 is 0. The van der Waals surface area contributed by atoms with Gasteiger partial charge in [-0.1, -0.05) is 29.4 Å². The molecule has 5 heterocycles. The molecule has 0 saturated carbocycles. The second-order valence-corrected chi connectivity index (χ2v) is 15.8. The van der Waals surface area contributed by atoms with Crippen molar-refractivity contribution < 1.29 is 42.7 Å². The van der Waals surface area contributed by atoms with Crippen LogP contribution >= 0.6 is 0 Å². The molecule has 4 aromatic carbocycles. The molecule has 0 aromatic heterocycles. The molecule has 0 aliphatic carbocycles. The molecule has 3 N–H and O–H groups in total. The predicted molar refractivity (Wildman–Crippen MR) is 222 cm³/mol. The number of hydrogen-bond donors (Lipinski definition) is 3. The molecular formula is C46H48F2N6O6. The van der Waals surface area contributed by atoms with Gasteiger partial charge in [0.1, 0.15) is 59.7 Å². The van der Waals surface area contributed by atoms with E-state index in [2.05, 4.69) is 20.8 Å². The van der Waals surface area contributed by atoms with Crippen molar-refractivity contribution in [1.82, 2.24) is 15.2 Å². The highest BCUT2D eigenvalue weighted by atomic mass is 19.1. The second kappa shape index (κ2) is 17.8. The Morgan fingerprint density at radius 3 is 1.93 bits per heavy atom. The summed E-state index contributed by atoms with van der Waals surface area (Å²) < 4.78 is 52.5. The summed E-state index contributed by atoms with van der Waals surface area (Å²) in [4.78, 5) is 15.9. The Morgan fingerprint density at radius 2 is 1.35 bits per heavy atom. The van der Waals surface area contributed by atoms with E-state index in [-0.39, 0.29) is 30.7 Å². The lowest BCUT2D eigenvalue weighted by atomic mass is 9.90. The number of carboxylic acids is 1. The molecule has 2 saturated heterocycles. The molecule has 0 amide bonds. The molecule has 12 nitrogen and oxygen atoms in total. The van der Waals surface area contributed by atoms with Crippen LogP contribution in [-0.4, -0.2) is 98.4 Å². The topological polar surface area (TPSA) is 124 Å². The minimum absolute atomic E-state index is 0.0471. The molecule has 14 heteroatoms. The molecule has 2 atom stereocenters. The minimum atomic E-state index is -0.930. The number of fused-ring (bicyclic) bond motifs is 2. The van der Waals surface area contributed by atoms with Gasteiger partial charge in [0.2, 0.25) is 0 Å². The van der Waals surface area contributed by atoms with Crippen molar-refractivity contribution in [3.63, 3.8) is 0 Å². The van der Waals surface area contributed by atoms with Crippen LogP contribution in [0.1, 0.15) is 54.4 Å². The Morgan fingerprint density at radius 1 is 0.783 bits per heavy atom. The number of carbonyl (C=O) groups is 1. The van der Waals surface area contributed by atoms with Gasteiger partial charge in [-0.05, 0) is 120 Å². The van der Waals surface area contributed by atoms with Crippen LogP contribution in [-0.2, 0) is 4.79 Å². The van der Waals surface area contributed by atoms with Crippen molar-refractivity contribution in [3.8, 4) is 23.0 Å². The number of halogens is 2. The number of amidine groups is 1. The third-order valence-electron chi connectivity index (χ3n) is 11.6. The van der Waals surface area contributed by atoms with E-state index in [1.807, 2.05) is 42.5 Å². The standard InChI is InChI=1S/C46H48F2N6O6/c47-34-7-3-30(4-8-34)45-32(25-52-18-1-2-19-52)28-59-41-13-11-37(23-39(41)45)57-21-16-43-49-51-54(50-43)36-15-20-53(27-36)26-33-29-60-42-14-12-38(58-22-17-44(55)56)24-40(42)46(33)31-5-9-35(48)10-6-31/h3-14,23-24,36,54H,1-2,15-22,25-29H2,(H,49,50)(H,55,56). The Balaban J connectivity index is 0.844. The molecule has 9 rings (SSSR count). The van der Waals surface area contributed by atoms with Crippen molar-refractivity contribution >= 4 is 23.0 Å². The minimum Gasteiger partial charge on any atom is -0.493 e. The lowest BCUT2D eigenvalue weighted by Crippen LogP contribution is -3.07. The smallest absolute Gasteiger partial charge is 0.306 e. The molecular weight excluding hydrogens is 771 g/mol. The number of quaternary nitrogens is 1. The molecule has 312 valence electrons. The average molecular weight is 819 g/mol. The molecule has 0 radical (unpaired) electrons. The van der Waals surface area contributed by atoms with E-state index in [4.69, 9.17) is 29.2 Å². The van der Waals surface area contributed by atoms with Crippen LogP contribution in [0.2, 0.25) is 0 Å². The van der Waals surface area contributed by atoms with E-state index in [1.54, 1.807) is 18.2 Å². The molecule has 5 aliphatic rings. The highest BCUT2D eigenvalue weighted by molar-refractivity contribution is 5.88. The van der Waals surface area contributed by atoms with Crippen molar-refractivity contribution in [2.75, 3.05) is 65.7 Å². The number of likely N-dealkylation sites (tertiary alicyclic amines) is 2. The molecule has 4 aromatic rings. The number of aliphatic carboxylic acids is 1. The number of benzene rings is 4. The highest BCUT2D eigenvalue weighted by Gasteiger charge is 2.33. The van der Waals surface area contributed by atoms with E-state index >= 15 is 0 Å². The van der Waals surface area contributed by atoms with Crippen LogP contribution in [0, 0.1) is 11.6 Å². The molecule has 60 heavy (non-hydrogen) atoms. The number of carboxylic acid groups (broad SMARTS) is 1. The maximum absolute atomic E-state index is 14.0. The zero-order valence-electron chi connectivity index (χ0n) is 33.3. The SMILES string of the molecule is O=C(O)CCOc1ccc2c(c1)C(c1ccc(F)cc1)=C(CN1CCC([NH+]3N=C(CCOc4ccc5c(c4)C(c4ccc(F)cc4)=C(CN4CCCC4)CO5)N[N-]3)C1)CO2. The Kier molecular flexibility index (Phi) is 11.8. The van der Waals surface area contributed by atoms with Gasteiger partial charge < -0.3 is 35.0 Å². The molecule has 0 bridgehead atoms. The molecule has 2 unspecified atom stereocenters. The van der Waals surface area contributed by atoms with Crippen molar-refractivity contribution in [3.05, 3.63) is 135 Å². The first-order valence-electron chi connectivity index (χ1n) is 20.7. The predicted octanol–water partition coefficient (Wildman–Crippen LogP) is 5.85. The zero-order chi connectivity index (χ0) is 41.0. The number of rotatable bonds is 15. The number of nitrogens with zero attached hydrogens (tertiary/aromatic N) is 4. The maximum atomic E-state index is 14.0. The average Bonchev–Trinajstić information content (AvgIpc) is 4.05. The van der Waals surface area contributed by atoms with Gasteiger partial charge in [0.05, 0.1) is 26.2 Å². The van der Waals surface area contributed by atoms with Gasteiger partial charge in [0.25, 0.3) is 0 Å². The van der Waals surface area contributed by atoms with Gasteiger partial charge in [-0.2, -0.15) is 0 Å². The van der Waals surface area contributed by atoms with Crippen LogP contribution in [0.3, 0.4) is 0 Å². The van der Waals surface area contributed by atoms with Gasteiger partial charge in [0.15, 0.2) is 0 Å². The number of ether oxygens (including phenoxy) is 4. The van der Waals surface area contributed by atoms with Gasteiger partial charge in [-0.25, -0.2) is 8.78 Å². The van der Waals surface area contributed by atoms with E-state index in [9.17, 15) is 13.6 Å². The number of nitrogens with one attached hydrogen (secondary N) is 2. The van der Waals surface area contributed by atoms with Crippen LogP contribution in [0.5, 0.6) is 23.0 Å². The van der Waals surface area contributed by atoms with Crippen LogP contribution < -0.4 is 29.5 Å². The second-order valence-electron chi connectivity index (χ2n) is 15.8. The number of hydrogen-bond acceptors (Lipinski definition) is 9. The summed E-state index contributed by atoms with van der Waals surface area (Å²) in [6, 6.07) is 24.7. The van der Waals surface area contributed by atoms with Gasteiger partial charge in [-0.15, -0.1) is 0 Å². The summed E-state index contributed by atoms with van der Waals surface area (Å²) in [5, 5.41) is 14.7. The van der Waals surface area contributed by atoms with E-state index in [0.29, 0.717) is 44.3 Å². The van der Waals surface area contributed by atoms with Gasteiger partial charge in [0, 0.05) is 43.6 Å². The van der Waals surface area contributed by atoms with Crippen LogP contribution in [0.25, 0.3) is 16.7 Å². The third-order valence-corrected chi connectivity index (χ3v) is 11.6. The Hall–Kier alpha value is -5.80. The summed E-state index contributed by atoms with van der Waals surface area (Å²) in [5.74, 6) is 1.98. The third kappa shape index (κ3) is 9.02. The van der Waals surface area contributed by atoms with Crippen molar-refractivity contribution in [1.29, 1.82) is 0 Å². The van der Waals surface area contributed by atoms with Gasteiger partial charge in [-0.3, -0.25) is 19.7 Å². The first kappa shape index (κ1) is 39.6. The van der Waals surface area contributed by atoms with Crippen LogP contribution in [0.4, 0.5) is 8.78 Å². The summed E-state index contributed by atoms with van der Waals surface area (Å²) in [5.41, 5.74) is 15.6.